The van der Waals surface area contributed by atoms with Gasteiger partial charge in [0.2, 0.25) is 0 Å². The number of aliphatic carboxylic acids is 1. The normalized spacial score (nSPS) is 18.4. The number of hydrogen-bond acceptors (Lipinski definition) is 3. The maximum atomic E-state index is 11.3. The van der Waals surface area contributed by atoms with E-state index in [4.69, 9.17) is 9.84 Å². The number of amides is 1. The molecule has 0 aromatic carbocycles. The van der Waals surface area contributed by atoms with Gasteiger partial charge in [-0.2, -0.15) is 0 Å². The summed E-state index contributed by atoms with van der Waals surface area (Å²) in [4.78, 5) is 23.9. The standard InChI is InChI=1S/C11H19NO4/c1-8(2)6-9(10(13)14)7-12-4-3-5-16-11(12)15/h8-9H,3-7H2,1-2H3,(H,13,14). The third kappa shape index (κ3) is 3.72. The number of carbonyl (C=O) groups is 2. The summed E-state index contributed by atoms with van der Waals surface area (Å²) in [6.45, 7) is 5.25. The molecule has 1 aliphatic rings. The van der Waals surface area contributed by atoms with Crippen LogP contribution in [0, 0.1) is 11.8 Å². The Balaban J connectivity index is 2.52. The maximum absolute atomic E-state index is 11.3. The van der Waals surface area contributed by atoms with Crippen LogP contribution in [0.2, 0.25) is 0 Å². The Morgan fingerprint density at radius 3 is 2.75 bits per heavy atom. The van der Waals surface area contributed by atoms with E-state index in [9.17, 15) is 9.59 Å². The first-order chi connectivity index (χ1) is 7.50. The van der Waals surface area contributed by atoms with E-state index < -0.39 is 11.9 Å². The summed E-state index contributed by atoms with van der Waals surface area (Å²) in [5.41, 5.74) is 0. The van der Waals surface area contributed by atoms with Crippen LogP contribution < -0.4 is 0 Å². The molecule has 1 saturated heterocycles. The van der Waals surface area contributed by atoms with Crippen molar-refractivity contribution in [2.24, 2.45) is 11.8 Å². The van der Waals surface area contributed by atoms with Crippen molar-refractivity contribution in [1.29, 1.82) is 0 Å². The number of carboxylic acid groups (broad SMARTS) is 1. The number of carbonyl (C=O) groups excluding carboxylic acids is 1. The van der Waals surface area contributed by atoms with Gasteiger partial charge >= 0.3 is 12.1 Å². The zero-order chi connectivity index (χ0) is 12.1. The van der Waals surface area contributed by atoms with Crippen LogP contribution in [0.5, 0.6) is 0 Å². The van der Waals surface area contributed by atoms with E-state index in [1.165, 1.54) is 4.90 Å². The molecule has 5 nitrogen and oxygen atoms in total. The molecule has 0 aliphatic carbocycles. The molecule has 0 bridgehead atoms. The number of carboxylic acids is 1. The van der Waals surface area contributed by atoms with Crippen molar-refractivity contribution in [2.75, 3.05) is 19.7 Å². The monoisotopic (exact) mass is 229 g/mol. The summed E-state index contributed by atoms with van der Waals surface area (Å²) in [5, 5.41) is 9.06. The summed E-state index contributed by atoms with van der Waals surface area (Å²) in [7, 11) is 0. The lowest BCUT2D eigenvalue weighted by Crippen LogP contribution is -2.42. The van der Waals surface area contributed by atoms with E-state index in [0.717, 1.165) is 6.42 Å². The molecule has 5 heteroatoms. The van der Waals surface area contributed by atoms with Crippen LogP contribution >= 0.6 is 0 Å². The quantitative estimate of drug-likeness (QED) is 0.777. The Labute approximate surface area is 95.4 Å². The third-order valence-electron chi connectivity index (χ3n) is 2.60. The van der Waals surface area contributed by atoms with E-state index in [1.807, 2.05) is 13.8 Å². The molecule has 0 aromatic rings. The molecule has 1 rings (SSSR count). The molecule has 0 radical (unpaired) electrons. The molecule has 16 heavy (non-hydrogen) atoms. The fourth-order valence-electron chi connectivity index (χ4n) is 1.85. The fraction of sp³-hybridized carbons (Fsp3) is 0.818. The molecular weight excluding hydrogens is 210 g/mol. The Morgan fingerprint density at radius 2 is 2.25 bits per heavy atom. The molecule has 1 unspecified atom stereocenters. The zero-order valence-corrected chi connectivity index (χ0v) is 9.81. The Kier molecular flexibility index (Phi) is 4.58. The molecule has 0 spiro atoms. The third-order valence-corrected chi connectivity index (χ3v) is 2.60. The van der Waals surface area contributed by atoms with Gasteiger partial charge < -0.3 is 14.7 Å². The van der Waals surface area contributed by atoms with Crippen molar-refractivity contribution < 1.29 is 19.4 Å². The largest absolute Gasteiger partial charge is 0.481 e. The molecule has 0 aromatic heterocycles. The summed E-state index contributed by atoms with van der Waals surface area (Å²) in [6.07, 6.45) is 0.972. The van der Waals surface area contributed by atoms with E-state index in [1.54, 1.807) is 0 Å². The Morgan fingerprint density at radius 1 is 1.56 bits per heavy atom. The predicted molar refractivity (Wildman–Crippen MR) is 58.1 cm³/mol. The lowest BCUT2D eigenvalue weighted by molar-refractivity contribution is -0.142. The lowest BCUT2D eigenvalue weighted by atomic mass is 9.96. The van der Waals surface area contributed by atoms with Gasteiger partial charge in [0.1, 0.15) is 0 Å². The average molecular weight is 229 g/mol. The summed E-state index contributed by atoms with van der Waals surface area (Å²) in [5.74, 6) is -1.03. The van der Waals surface area contributed by atoms with Gasteiger partial charge in [-0.1, -0.05) is 13.8 Å². The highest BCUT2D eigenvalue weighted by molar-refractivity contribution is 5.72. The second-order valence-corrected chi connectivity index (χ2v) is 4.58. The Hall–Kier alpha value is -1.26. The smallest absolute Gasteiger partial charge is 0.409 e. The molecule has 1 fully saturated rings. The highest BCUT2D eigenvalue weighted by Gasteiger charge is 2.27. The predicted octanol–water partition coefficient (Wildman–Crippen LogP) is 1.58. The van der Waals surface area contributed by atoms with Gasteiger partial charge in [-0.05, 0) is 18.8 Å². The first-order valence-electron chi connectivity index (χ1n) is 5.65. The van der Waals surface area contributed by atoms with Crippen LogP contribution in [-0.4, -0.2) is 41.8 Å². The number of ether oxygens (including phenoxy) is 1. The highest BCUT2D eigenvalue weighted by atomic mass is 16.6. The first-order valence-corrected chi connectivity index (χ1v) is 5.65. The molecule has 1 heterocycles. The number of hydrogen-bond donors (Lipinski definition) is 1. The van der Waals surface area contributed by atoms with E-state index in [0.29, 0.717) is 25.5 Å². The molecular formula is C11H19NO4. The van der Waals surface area contributed by atoms with E-state index >= 15 is 0 Å². The zero-order valence-electron chi connectivity index (χ0n) is 9.81. The van der Waals surface area contributed by atoms with Gasteiger partial charge in [-0.15, -0.1) is 0 Å². The van der Waals surface area contributed by atoms with Crippen LogP contribution in [-0.2, 0) is 9.53 Å². The average Bonchev–Trinajstić information content (AvgIpc) is 2.19. The number of nitrogens with zero attached hydrogens (tertiary/aromatic N) is 1. The van der Waals surface area contributed by atoms with E-state index in [-0.39, 0.29) is 12.6 Å². The van der Waals surface area contributed by atoms with Gasteiger partial charge in [0.25, 0.3) is 0 Å². The molecule has 92 valence electrons. The second-order valence-electron chi connectivity index (χ2n) is 4.58. The minimum atomic E-state index is -0.841. The van der Waals surface area contributed by atoms with Gasteiger partial charge in [0.15, 0.2) is 0 Å². The molecule has 1 amide bonds. The van der Waals surface area contributed by atoms with Crippen LogP contribution in [0.15, 0.2) is 0 Å². The van der Waals surface area contributed by atoms with Crippen LogP contribution in [0.25, 0.3) is 0 Å². The highest BCUT2D eigenvalue weighted by Crippen LogP contribution is 2.16. The van der Waals surface area contributed by atoms with Gasteiger partial charge in [-0.3, -0.25) is 4.79 Å². The number of cyclic esters (lactones) is 1. The van der Waals surface area contributed by atoms with Crippen LogP contribution in [0.4, 0.5) is 4.79 Å². The minimum Gasteiger partial charge on any atom is -0.481 e. The van der Waals surface area contributed by atoms with Crippen molar-refractivity contribution in [3.63, 3.8) is 0 Å². The minimum absolute atomic E-state index is 0.256. The van der Waals surface area contributed by atoms with Gasteiger partial charge in [0, 0.05) is 13.1 Å². The van der Waals surface area contributed by atoms with Gasteiger partial charge in [-0.25, -0.2) is 4.79 Å². The fourth-order valence-corrected chi connectivity index (χ4v) is 1.85. The van der Waals surface area contributed by atoms with Gasteiger partial charge in [0.05, 0.1) is 12.5 Å². The van der Waals surface area contributed by atoms with Crippen molar-refractivity contribution in [1.82, 2.24) is 4.90 Å². The summed E-state index contributed by atoms with van der Waals surface area (Å²) in [6, 6.07) is 0. The molecule has 1 aliphatic heterocycles. The maximum Gasteiger partial charge on any atom is 0.409 e. The first kappa shape index (κ1) is 12.8. The van der Waals surface area contributed by atoms with Crippen molar-refractivity contribution in [3.8, 4) is 0 Å². The summed E-state index contributed by atoms with van der Waals surface area (Å²) >= 11 is 0. The lowest BCUT2D eigenvalue weighted by Gasteiger charge is -2.29. The Bertz CT molecular complexity index is 265. The van der Waals surface area contributed by atoms with Crippen LogP contribution in [0.3, 0.4) is 0 Å². The molecule has 1 atom stereocenters. The molecule has 0 saturated carbocycles. The topological polar surface area (TPSA) is 66.8 Å². The SMILES string of the molecule is CC(C)CC(CN1CCCOC1=O)C(=O)O. The van der Waals surface area contributed by atoms with Crippen molar-refractivity contribution in [3.05, 3.63) is 0 Å². The molecule has 1 N–H and O–H groups in total. The number of rotatable bonds is 5. The summed E-state index contributed by atoms with van der Waals surface area (Å²) < 4.78 is 4.87. The van der Waals surface area contributed by atoms with E-state index in [2.05, 4.69) is 0 Å². The van der Waals surface area contributed by atoms with Crippen molar-refractivity contribution >= 4 is 12.1 Å². The van der Waals surface area contributed by atoms with Crippen molar-refractivity contribution in [2.45, 2.75) is 26.7 Å². The van der Waals surface area contributed by atoms with Crippen LogP contribution in [0.1, 0.15) is 26.7 Å². The second kappa shape index (κ2) is 5.72.